The molecule has 1 aromatic heterocycles. The molecule has 1 aromatic rings. The van der Waals surface area contributed by atoms with Gasteiger partial charge in [0.25, 0.3) is 0 Å². The van der Waals surface area contributed by atoms with E-state index < -0.39 is 0 Å². The molecule has 0 aliphatic heterocycles. The molecular weight excluding hydrogens is 216 g/mol. The Morgan fingerprint density at radius 2 is 2.06 bits per heavy atom. The second-order valence-corrected chi connectivity index (χ2v) is 4.24. The minimum Gasteiger partial charge on any atom is -0.349 e. The molecule has 5 nitrogen and oxygen atoms in total. The van der Waals surface area contributed by atoms with Crippen molar-refractivity contribution in [3.05, 3.63) is 23.8 Å². The lowest BCUT2D eigenvalue weighted by molar-refractivity contribution is -0.128. The molecule has 0 fully saturated rings. The maximum Gasteiger partial charge on any atom is 0.223 e. The summed E-state index contributed by atoms with van der Waals surface area (Å²) >= 11 is 0. The lowest BCUT2D eigenvalue weighted by Crippen LogP contribution is -2.28. The monoisotopic (exact) mass is 236 g/mol. The fourth-order valence-corrected chi connectivity index (χ4v) is 1.56. The fraction of sp³-hybridized carbons (Fsp3) is 0.583. The van der Waals surface area contributed by atoms with E-state index in [9.17, 15) is 4.79 Å². The summed E-state index contributed by atoms with van der Waals surface area (Å²) in [4.78, 5) is 21.5. The predicted molar refractivity (Wildman–Crippen MR) is 66.5 cm³/mol. The van der Waals surface area contributed by atoms with Crippen molar-refractivity contribution in [2.75, 3.05) is 20.6 Å². The van der Waals surface area contributed by atoms with Crippen LogP contribution in [-0.2, 0) is 4.79 Å². The second kappa shape index (κ2) is 6.30. The summed E-state index contributed by atoms with van der Waals surface area (Å²) in [5, 5.41) is 3.28. The van der Waals surface area contributed by atoms with Crippen LogP contribution in [0.4, 0.5) is 0 Å². The summed E-state index contributed by atoms with van der Waals surface area (Å²) in [6, 6.07) is 0.110. The highest BCUT2D eigenvalue weighted by Gasteiger charge is 2.10. The van der Waals surface area contributed by atoms with Gasteiger partial charge in [0.1, 0.15) is 0 Å². The Labute approximate surface area is 102 Å². The standard InChI is InChI=1S/C12H20N4O/c1-9(12-10(2)14-7-8-15-12)13-6-5-11(17)16(3)4/h7-9,13H,5-6H2,1-4H3. The normalized spacial score (nSPS) is 12.2. The third kappa shape index (κ3) is 4.11. The molecule has 0 aliphatic carbocycles. The summed E-state index contributed by atoms with van der Waals surface area (Å²) < 4.78 is 0. The Morgan fingerprint density at radius 3 is 2.65 bits per heavy atom. The van der Waals surface area contributed by atoms with Crippen LogP contribution in [0.15, 0.2) is 12.4 Å². The highest BCUT2D eigenvalue weighted by atomic mass is 16.2. The van der Waals surface area contributed by atoms with E-state index in [2.05, 4.69) is 15.3 Å². The molecule has 1 heterocycles. The topological polar surface area (TPSA) is 58.1 Å². The molecule has 0 bridgehead atoms. The van der Waals surface area contributed by atoms with Gasteiger partial charge in [0.15, 0.2) is 0 Å². The molecule has 1 rings (SSSR count). The van der Waals surface area contributed by atoms with E-state index in [1.54, 1.807) is 31.4 Å². The van der Waals surface area contributed by atoms with Crippen LogP contribution in [0, 0.1) is 6.92 Å². The molecule has 0 saturated heterocycles. The number of aromatic nitrogens is 2. The SMILES string of the molecule is Cc1nccnc1C(C)NCCC(=O)N(C)C. The number of carbonyl (C=O) groups is 1. The number of nitrogens with zero attached hydrogens (tertiary/aromatic N) is 3. The van der Waals surface area contributed by atoms with Crippen molar-refractivity contribution in [3.63, 3.8) is 0 Å². The Bertz CT molecular complexity index is 379. The van der Waals surface area contributed by atoms with Gasteiger partial charge >= 0.3 is 0 Å². The summed E-state index contributed by atoms with van der Waals surface area (Å²) in [6.07, 6.45) is 3.86. The van der Waals surface area contributed by atoms with Gasteiger partial charge in [-0.1, -0.05) is 0 Å². The number of nitrogens with one attached hydrogen (secondary N) is 1. The molecule has 0 spiro atoms. The number of rotatable bonds is 5. The van der Waals surface area contributed by atoms with Crippen molar-refractivity contribution in [1.29, 1.82) is 0 Å². The van der Waals surface area contributed by atoms with Crippen molar-refractivity contribution in [1.82, 2.24) is 20.2 Å². The second-order valence-electron chi connectivity index (χ2n) is 4.24. The largest absolute Gasteiger partial charge is 0.349 e. The van der Waals surface area contributed by atoms with Crippen LogP contribution >= 0.6 is 0 Å². The van der Waals surface area contributed by atoms with Crippen LogP contribution < -0.4 is 5.32 Å². The molecule has 0 aromatic carbocycles. The maximum atomic E-state index is 11.4. The average molecular weight is 236 g/mol. The smallest absolute Gasteiger partial charge is 0.223 e. The van der Waals surface area contributed by atoms with E-state index in [0.29, 0.717) is 13.0 Å². The van der Waals surface area contributed by atoms with Crippen LogP contribution in [0.5, 0.6) is 0 Å². The number of aryl methyl sites for hydroxylation is 1. The lowest BCUT2D eigenvalue weighted by Gasteiger charge is -2.15. The lowest BCUT2D eigenvalue weighted by atomic mass is 10.2. The summed E-state index contributed by atoms with van der Waals surface area (Å²) in [7, 11) is 3.52. The van der Waals surface area contributed by atoms with E-state index in [-0.39, 0.29) is 11.9 Å². The van der Waals surface area contributed by atoms with Crippen LogP contribution in [-0.4, -0.2) is 41.4 Å². The first kappa shape index (κ1) is 13.6. The molecule has 5 heteroatoms. The van der Waals surface area contributed by atoms with Crippen LogP contribution in [0.25, 0.3) is 0 Å². The number of hydrogen-bond acceptors (Lipinski definition) is 4. The molecule has 0 saturated carbocycles. The zero-order valence-corrected chi connectivity index (χ0v) is 10.9. The predicted octanol–water partition coefficient (Wildman–Crippen LogP) is 0.914. The van der Waals surface area contributed by atoms with E-state index in [1.807, 2.05) is 13.8 Å². The molecule has 1 N–H and O–H groups in total. The molecule has 94 valence electrons. The average Bonchev–Trinajstić information content (AvgIpc) is 2.29. The van der Waals surface area contributed by atoms with Gasteiger partial charge in [-0.2, -0.15) is 0 Å². The van der Waals surface area contributed by atoms with Crippen LogP contribution in [0.2, 0.25) is 0 Å². The highest BCUT2D eigenvalue weighted by Crippen LogP contribution is 2.11. The van der Waals surface area contributed by atoms with Crippen LogP contribution in [0.3, 0.4) is 0 Å². The van der Waals surface area contributed by atoms with E-state index in [1.165, 1.54) is 0 Å². The number of hydrogen-bond donors (Lipinski definition) is 1. The highest BCUT2D eigenvalue weighted by molar-refractivity contribution is 5.75. The fourth-order valence-electron chi connectivity index (χ4n) is 1.56. The van der Waals surface area contributed by atoms with Gasteiger partial charge in [0.2, 0.25) is 5.91 Å². The van der Waals surface area contributed by atoms with Crippen molar-refractivity contribution in [2.24, 2.45) is 0 Å². The van der Waals surface area contributed by atoms with E-state index in [4.69, 9.17) is 0 Å². The van der Waals surface area contributed by atoms with Crippen molar-refractivity contribution < 1.29 is 4.79 Å². The first-order chi connectivity index (χ1) is 8.02. The summed E-state index contributed by atoms with van der Waals surface area (Å²) in [5.41, 5.74) is 1.86. The Hall–Kier alpha value is -1.49. The number of amides is 1. The van der Waals surface area contributed by atoms with E-state index >= 15 is 0 Å². The quantitative estimate of drug-likeness (QED) is 0.825. The van der Waals surface area contributed by atoms with Gasteiger partial charge in [-0.25, -0.2) is 0 Å². The zero-order chi connectivity index (χ0) is 12.8. The molecule has 1 unspecified atom stereocenters. The Morgan fingerprint density at radius 1 is 1.41 bits per heavy atom. The van der Waals surface area contributed by atoms with Gasteiger partial charge in [-0.15, -0.1) is 0 Å². The molecule has 0 radical (unpaired) electrons. The van der Waals surface area contributed by atoms with Gasteiger partial charge in [0, 0.05) is 45.5 Å². The Kier molecular flexibility index (Phi) is 5.03. The molecule has 17 heavy (non-hydrogen) atoms. The van der Waals surface area contributed by atoms with Gasteiger partial charge in [-0.3, -0.25) is 14.8 Å². The minimum atomic E-state index is 0.110. The first-order valence-electron chi connectivity index (χ1n) is 5.73. The summed E-state index contributed by atoms with van der Waals surface area (Å²) in [6.45, 7) is 4.61. The molecule has 0 aliphatic rings. The Balaban J connectivity index is 2.43. The van der Waals surface area contributed by atoms with Gasteiger partial charge in [0.05, 0.1) is 11.4 Å². The molecule has 1 amide bonds. The molecular formula is C12H20N4O. The van der Waals surface area contributed by atoms with Crippen molar-refractivity contribution in [2.45, 2.75) is 26.3 Å². The van der Waals surface area contributed by atoms with Gasteiger partial charge in [-0.05, 0) is 13.8 Å². The number of carbonyl (C=O) groups excluding carboxylic acids is 1. The van der Waals surface area contributed by atoms with E-state index in [0.717, 1.165) is 11.4 Å². The minimum absolute atomic E-state index is 0.110. The van der Waals surface area contributed by atoms with Gasteiger partial charge < -0.3 is 10.2 Å². The van der Waals surface area contributed by atoms with Crippen molar-refractivity contribution in [3.8, 4) is 0 Å². The first-order valence-corrected chi connectivity index (χ1v) is 5.73. The van der Waals surface area contributed by atoms with Crippen LogP contribution in [0.1, 0.15) is 30.8 Å². The third-order valence-corrected chi connectivity index (χ3v) is 2.62. The summed E-state index contributed by atoms with van der Waals surface area (Å²) in [5.74, 6) is 0.126. The zero-order valence-electron chi connectivity index (χ0n) is 10.9. The molecule has 1 atom stereocenters. The maximum absolute atomic E-state index is 11.4. The third-order valence-electron chi connectivity index (χ3n) is 2.62. The van der Waals surface area contributed by atoms with Crippen molar-refractivity contribution >= 4 is 5.91 Å².